The largest absolute Gasteiger partial charge is 0.367 e. The second-order valence-electron chi connectivity index (χ2n) is 5.46. The topological polar surface area (TPSA) is 79.1 Å². The Hall–Kier alpha value is -1.44. The van der Waals surface area contributed by atoms with Crippen LogP contribution in [-0.2, 0) is 6.42 Å². The number of fused-ring (bicyclic) bond motifs is 1. The van der Waals surface area contributed by atoms with E-state index in [1.165, 1.54) is 4.88 Å². The minimum absolute atomic E-state index is 0.334. The molecule has 2 heterocycles. The van der Waals surface area contributed by atoms with Gasteiger partial charge in [-0.2, -0.15) is 4.98 Å². The number of hydrogen-bond donors (Lipinski definition) is 3. The van der Waals surface area contributed by atoms with Gasteiger partial charge in [-0.1, -0.05) is 6.92 Å². The van der Waals surface area contributed by atoms with E-state index in [0.717, 1.165) is 35.4 Å². The van der Waals surface area contributed by atoms with Gasteiger partial charge in [0.15, 0.2) is 0 Å². The Kier molecular flexibility index (Phi) is 5.33. The van der Waals surface area contributed by atoms with Crippen LogP contribution in [0, 0.1) is 0 Å². The zero-order valence-corrected chi connectivity index (χ0v) is 13.9. The number of hydrazine groups is 1. The Bertz CT molecular complexity index is 594. The van der Waals surface area contributed by atoms with Crippen LogP contribution >= 0.6 is 11.3 Å². The molecule has 0 amide bonds. The molecule has 116 valence electrons. The highest BCUT2D eigenvalue weighted by molar-refractivity contribution is 7.18. The quantitative estimate of drug-likeness (QED) is 0.538. The maximum atomic E-state index is 5.47. The number of aromatic nitrogens is 2. The molecule has 7 heteroatoms. The van der Waals surface area contributed by atoms with E-state index in [2.05, 4.69) is 59.6 Å². The molecule has 2 rings (SSSR count). The van der Waals surface area contributed by atoms with E-state index in [1.54, 1.807) is 11.3 Å². The van der Waals surface area contributed by atoms with E-state index in [4.69, 9.17) is 5.84 Å². The normalized spacial score (nSPS) is 12.9. The molecule has 0 aliphatic carbocycles. The summed E-state index contributed by atoms with van der Waals surface area (Å²) < 4.78 is 0. The maximum absolute atomic E-state index is 5.47. The number of thiophene rings is 1. The lowest BCUT2D eigenvalue weighted by atomic mass is 10.2. The average Bonchev–Trinajstić information content (AvgIpc) is 2.88. The molecule has 0 saturated carbocycles. The van der Waals surface area contributed by atoms with Gasteiger partial charge in [-0.15, -0.1) is 11.3 Å². The standard InChI is InChI=1S/C14H24N6S/c1-5-10-8-11-12(16-9(2)6-7-20(3)4)17-14(19-15)18-13(11)21-10/h8-9H,5-7,15H2,1-4H3,(H2,16,17,18,19). The molecule has 0 fully saturated rings. The first-order valence-electron chi connectivity index (χ1n) is 7.21. The molecule has 0 spiro atoms. The van der Waals surface area contributed by atoms with Crippen molar-refractivity contribution in [1.29, 1.82) is 0 Å². The molecular weight excluding hydrogens is 284 g/mol. The van der Waals surface area contributed by atoms with Gasteiger partial charge >= 0.3 is 0 Å². The van der Waals surface area contributed by atoms with Gasteiger partial charge in [0, 0.05) is 10.9 Å². The number of hydrogen-bond acceptors (Lipinski definition) is 7. The molecule has 0 aliphatic heterocycles. The van der Waals surface area contributed by atoms with Crippen molar-refractivity contribution in [3.05, 3.63) is 10.9 Å². The van der Waals surface area contributed by atoms with Crippen molar-refractivity contribution in [2.24, 2.45) is 5.84 Å². The second kappa shape index (κ2) is 7.02. The molecule has 4 N–H and O–H groups in total. The van der Waals surface area contributed by atoms with Crippen molar-refractivity contribution >= 4 is 33.3 Å². The predicted octanol–water partition coefficient (Wildman–Crippen LogP) is 2.29. The van der Waals surface area contributed by atoms with Crippen LogP contribution in [-0.4, -0.2) is 41.5 Å². The van der Waals surface area contributed by atoms with Crippen LogP contribution in [0.2, 0.25) is 0 Å². The Morgan fingerprint density at radius 2 is 2.14 bits per heavy atom. The van der Waals surface area contributed by atoms with Crippen molar-refractivity contribution in [3.8, 4) is 0 Å². The van der Waals surface area contributed by atoms with Crippen LogP contribution < -0.4 is 16.6 Å². The summed E-state index contributed by atoms with van der Waals surface area (Å²) in [5.41, 5.74) is 2.55. The summed E-state index contributed by atoms with van der Waals surface area (Å²) in [6, 6.07) is 2.50. The van der Waals surface area contributed by atoms with Crippen LogP contribution in [0.1, 0.15) is 25.1 Å². The van der Waals surface area contributed by atoms with Crippen molar-refractivity contribution in [3.63, 3.8) is 0 Å². The molecule has 0 aromatic carbocycles. The summed E-state index contributed by atoms with van der Waals surface area (Å²) in [5, 5.41) is 4.56. The molecule has 2 aromatic heterocycles. The zero-order valence-electron chi connectivity index (χ0n) is 13.1. The minimum atomic E-state index is 0.334. The number of nitrogen functional groups attached to an aromatic ring is 1. The fourth-order valence-electron chi connectivity index (χ4n) is 2.08. The van der Waals surface area contributed by atoms with E-state index < -0.39 is 0 Å². The third-order valence-corrected chi connectivity index (χ3v) is 4.49. The Morgan fingerprint density at radius 1 is 1.38 bits per heavy atom. The van der Waals surface area contributed by atoms with E-state index in [-0.39, 0.29) is 0 Å². The van der Waals surface area contributed by atoms with E-state index in [0.29, 0.717) is 12.0 Å². The highest BCUT2D eigenvalue weighted by Gasteiger charge is 2.13. The summed E-state index contributed by atoms with van der Waals surface area (Å²) in [5.74, 6) is 6.78. The fourth-order valence-corrected chi connectivity index (χ4v) is 3.04. The van der Waals surface area contributed by atoms with E-state index >= 15 is 0 Å². The monoisotopic (exact) mass is 308 g/mol. The van der Waals surface area contributed by atoms with Crippen LogP contribution in [0.15, 0.2) is 6.07 Å². The first-order valence-corrected chi connectivity index (χ1v) is 8.03. The van der Waals surface area contributed by atoms with Gasteiger partial charge in [-0.3, -0.25) is 5.43 Å². The summed E-state index contributed by atoms with van der Waals surface area (Å²) in [4.78, 5) is 13.4. The Labute approximate surface area is 129 Å². The van der Waals surface area contributed by atoms with Crippen molar-refractivity contribution < 1.29 is 0 Å². The highest BCUT2D eigenvalue weighted by Crippen LogP contribution is 2.30. The van der Waals surface area contributed by atoms with E-state index in [1.807, 2.05) is 0 Å². The smallest absolute Gasteiger partial charge is 0.240 e. The minimum Gasteiger partial charge on any atom is -0.367 e. The molecular formula is C14H24N6S. The molecule has 0 bridgehead atoms. The van der Waals surface area contributed by atoms with Crippen molar-refractivity contribution in [2.45, 2.75) is 32.7 Å². The summed E-state index contributed by atoms with van der Waals surface area (Å²) >= 11 is 1.69. The molecule has 0 saturated heterocycles. The number of nitrogens with two attached hydrogens (primary N) is 1. The number of nitrogens with one attached hydrogen (secondary N) is 2. The number of nitrogens with zero attached hydrogens (tertiary/aromatic N) is 3. The van der Waals surface area contributed by atoms with Gasteiger partial charge < -0.3 is 10.2 Å². The number of rotatable bonds is 7. The Balaban J connectivity index is 2.26. The Morgan fingerprint density at radius 3 is 2.76 bits per heavy atom. The lowest BCUT2D eigenvalue weighted by molar-refractivity contribution is 0.390. The predicted molar refractivity (Wildman–Crippen MR) is 90.9 cm³/mol. The summed E-state index contributed by atoms with van der Waals surface area (Å²) in [6.45, 7) is 5.35. The average molecular weight is 308 g/mol. The van der Waals surface area contributed by atoms with Crippen molar-refractivity contribution in [1.82, 2.24) is 14.9 Å². The van der Waals surface area contributed by atoms with Crippen LogP contribution in [0.3, 0.4) is 0 Å². The lowest BCUT2D eigenvalue weighted by Gasteiger charge is -2.18. The molecule has 6 nitrogen and oxygen atoms in total. The molecule has 1 unspecified atom stereocenters. The summed E-state index contributed by atoms with van der Waals surface area (Å²) in [7, 11) is 4.16. The molecule has 2 aromatic rings. The molecule has 0 aliphatic rings. The lowest BCUT2D eigenvalue weighted by Crippen LogP contribution is -2.23. The number of anilines is 2. The van der Waals surface area contributed by atoms with Crippen LogP contribution in [0.4, 0.5) is 11.8 Å². The molecule has 21 heavy (non-hydrogen) atoms. The third kappa shape index (κ3) is 4.03. The van der Waals surface area contributed by atoms with Gasteiger partial charge in [0.05, 0.1) is 5.39 Å². The van der Waals surface area contributed by atoms with Gasteiger partial charge in [-0.05, 0) is 46.5 Å². The zero-order chi connectivity index (χ0) is 15.4. The molecule has 1 atom stereocenters. The van der Waals surface area contributed by atoms with Gasteiger partial charge in [-0.25, -0.2) is 10.8 Å². The summed E-state index contributed by atoms with van der Waals surface area (Å²) in [6.07, 6.45) is 2.05. The van der Waals surface area contributed by atoms with Crippen molar-refractivity contribution in [2.75, 3.05) is 31.4 Å². The SMILES string of the molecule is CCc1cc2c(NC(C)CCN(C)C)nc(NN)nc2s1. The fraction of sp³-hybridized carbons (Fsp3) is 0.571. The van der Waals surface area contributed by atoms with Crippen LogP contribution in [0.25, 0.3) is 10.2 Å². The first kappa shape index (κ1) is 15.9. The maximum Gasteiger partial charge on any atom is 0.240 e. The van der Waals surface area contributed by atoms with Gasteiger partial charge in [0.1, 0.15) is 10.6 Å². The molecule has 0 radical (unpaired) electrons. The third-order valence-electron chi connectivity index (χ3n) is 3.31. The second-order valence-corrected chi connectivity index (χ2v) is 6.58. The van der Waals surface area contributed by atoms with Gasteiger partial charge in [0.25, 0.3) is 0 Å². The van der Waals surface area contributed by atoms with Crippen LogP contribution in [0.5, 0.6) is 0 Å². The van der Waals surface area contributed by atoms with Gasteiger partial charge in [0.2, 0.25) is 5.95 Å². The van der Waals surface area contributed by atoms with E-state index in [9.17, 15) is 0 Å². The first-order chi connectivity index (χ1) is 10.0. The number of aryl methyl sites for hydroxylation is 1. The highest BCUT2D eigenvalue weighted by atomic mass is 32.1.